The van der Waals surface area contributed by atoms with Crippen LogP contribution in [0.1, 0.15) is 49.9 Å². The van der Waals surface area contributed by atoms with Crippen LogP contribution in [-0.2, 0) is 34.6 Å². The Hall–Kier alpha value is -3.82. The maximum atomic E-state index is 14.3. The van der Waals surface area contributed by atoms with Crippen LogP contribution in [0.5, 0.6) is 11.5 Å². The van der Waals surface area contributed by atoms with Crippen molar-refractivity contribution in [3.63, 3.8) is 0 Å². The van der Waals surface area contributed by atoms with Crippen LogP contribution in [0.2, 0.25) is 0 Å². The highest BCUT2D eigenvalue weighted by Gasteiger charge is 2.14. The fraction of sp³-hybridized carbons (Fsp3) is 0.300. The number of hydrogen-bond acceptors (Lipinski definition) is 5. The highest BCUT2D eigenvalue weighted by Crippen LogP contribution is 2.32. The minimum atomic E-state index is -0.321. The normalized spacial score (nSPS) is 10.5. The molecule has 0 spiro atoms. The van der Waals surface area contributed by atoms with E-state index in [9.17, 15) is 13.9 Å². The summed E-state index contributed by atoms with van der Waals surface area (Å²) in [6.07, 6.45) is 4.02. The standard InChI is InChI=1S/C20H22BrFO2.C20H23FO3/c1-14(2)8-9-24-13-16-10-15(12-21)4-6-18(16)19-11-17(23-3)5-7-20(19)22;1-14(2)8-9-24-13-16-10-15(12-22)4-6-18(16)19-11-17(23-3)5-7-20(19)21/h4-8,10-11H,9,12-13H2,1-3H3;4-8,10-11,22H,9,12-13H2,1-3H3. The molecule has 0 atom stereocenters. The topological polar surface area (TPSA) is 57.2 Å². The summed E-state index contributed by atoms with van der Waals surface area (Å²) in [6, 6.07) is 20.8. The molecule has 48 heavy (non-hydrogen) atoms. The van der Waals surface area contributed by atoms with Crippen molar-refractivity contribution in [1.82, 2.24) is 0 Å². The molecule has 0 heterocycles. The van der Waals surface area contributed by atoms with E-state index in [2.05, 4.69) is 15.9 Å². The van der Waals surface area contributed by atoms with Gasteiger partial charge in [-0.2, -0.15) is 0 Å². The average molecular weight is 724 g/mol. The van der Waals surface area contributed by atoms with E-state index in [-0.39, 0.29) is 18.2 Å². The van der Waals surface area contributed by atoms with Crippen LogP contribution in [0.15, 0.2) is 96.1 Å². The Bertz CT molecular complexity index is 1570. The van der Waals surface area contributed by atoms with E-state index in [0.29, 0.717) is 49.1 Å². The number of allylic oxidation sites excluding steroid dienone is 2. The molecule has 0 amide bonds. The van der Waals surface area contributed by atoms with E-state index < -0.39 is 0 Å². The molecule has 0 radical (unpaired) electrons. The molecule has 4 aromatic rings. The fourth-order valence-corrected chi connectivity index (χ4v) is 5.05. The summed E-state index contributed by atoms with van der Waals surface area (Å²) in [5.41, 5.74) is 8.62. The summed E-state index contributed by atoms with van der Waals surface area (Å²) in [7, 11) is 3.13. The molecular formula is C40H45BrF2O5. The molecule has 4 aromatic carbocycles. The van der Waals surface area contributed by atoms with Gasteiger partial charge >= 0.3 is 0 Å². The van der Waals surface area contributed by atoms with Crippen molar-refractivity contribution in [3.8, 4) is 33.8 Å². The molecule has 0 aliphatic carbocycles. The van der Waals surface area contributed by atoms with Gasteiger partial charge in [0.2, 0.25) is 0 Å². The van der Waals surface area contributed by atoms with Gasteiger partial charge in [-0.05, 0) is 97.5 Å². The molecule has 0 saturated heterocycles. The molecule has 0 bridgehead atoms. The van der Waals surface area contributed by atoms with Gasteiger partial charge in [0.15, 0.2) is 0 Å². The first-order chi connectivity index (χ1) is 23.1. The average Bonchev–Trinajstić information content (AvgIpc) is 3.09. The molecule has 0 fully saturated rings. The zero-order valence-electron chi connectivity index (χ0n) is 28.5. The van der Waals surface area contributed by atoms with Crippen molar-refractivity contribution >= 4 is 15.9 Å². The van der Waals surface area contributed by atoms with Crippen molar-refractivity contribution in [2.45, 2.75) is 52.8 Å². The van der Waals surface area contributed by atoms with Crippen molar-refractivity contribution < 1.29 is 32.8 Å². The summed E-state index contributed by atoms with van der Waals surface area (Å²) in [5, 5.41) is 10.1. The third-order valence-corrected chi connectivity index (χ3v) is 7.99. The molecule has 4 rings (SSSR count). The second-order valence-corrected chi connectivity index (χ2v) is 12.1. The smallest absolute Gasteiger partial charge is 0.131 e. The third kappa shape index (κ3) is 11.7. The highest BCUT2D eigenvalue weighted by atomic mass is 79.9. The lowest BCUT2D eigenvalue weighted by Crippen LogP contribution is -1.99. The van der Waals surface area contributed by atoms with Crippen molar-refractivity contribution in [2.75, 3.05) is 27.4 Å². The monoisotopic (exact) mass is 722 g/mol. The SMILES string of the molecule is COc1ccc(F)c(-c2ccc(CBr)cc2COCC=C(C)C)c1.COc1ccc(F)c(-c2ccc(CO)cc2COCC=C(C)C)c1. The summed E-state index contributed by atoms with van der Waals surface area (Å²) in [5.74, 6) is 0.632. The van der Waals surface area contributed by atoms with E-state index >= 15 is 0 Å². The Labute approximate surface area is 292 Å². The van der Waals surface area contributed by atoms with Gasteiger partial charge in [0, 0.05) is 16.5 Å². The molecule has 0 saturated carbocycles. The number of aliphatic hydroxyl groups excluding tert-OH is 1. The predicted molar refractivity (Wildman–Crippen MR) is 194 cm³/mol. The molecule has 0 aliphatic rings. The number of hydrogen-bond donors (Lipinski definition) is 1. The zero-order chi connectivity index (χ0) is 35.1. The number of aliphatic hydroxyl groups is 1. The van der Waals surface area contributed by atoms with Crippen LogP contribution in [-0.4, -0.2) is 32.5 Å². The number of ether oxygens (including phenoxy) is 4. The van der Waals surface area contributed by atoms with Crippen LogP contribution in [0.25, 0.3) is 22.3 Å². The Morgan fingerprint density at radius 1 is 0.625 bits per heavy atom. The maximum absolute atomic E-state index is 14.3. The first-order valence-corrected chi connectivity index (χ1v) is 16.7. The highest BCUT2D eigenvalue weighted by molar-refractivity contribution is 9.08. The second kappa shape index (κ2) is 19.9. The van der Waals surface area contributed by atoms with Gasteiger partial charge in [-0.15, -0.1) is 0 Å². The number of halogens is 3. The van der Waals surface area contributed by atoms with E-state index in [1.165, 1.54) is 23.3 Å². The van der Waals surface area contributed by atoms with E-state index in [1.807, 2.05) is 70.2 Å². The molecule has 8 heteroatoms. The fourth-order valence-electron chi connectivity index (χ4n) is 4.70. The minimum Gasteiger partial charge on any atom is -0.497 e. The molecule has 0 unspecified atom stereocenters. The zero-order valence-corrected chi connectivity index (χ0v) is 30.1. The maximum Gasteiger partial charge on any atom is 0.131 e. The van der Waals surface area contributed by atoms with Gasteiger partial charge in [0.1, 0.15) is 23.1 Å². The molecule has 0 aliphatic heterocycles. The lowest BCUT2D eigenvalue weighted by molar-refractivity contribution is 0.148. The number of alkyl halides is 1. The van der Waals surface area contributed by atoms with Crippen LogP contribution in [0, 0.1) is 11.6 Å². The second-order valence-electron chi connectivity index (χ2n) is 11.6. The van der Waals surface area contributed by atoms with E-state index in [1.54, 1.807) is 44.6 Å². The Balaban J connectivity index is 0.000000260. The van der Waals surface area contributed by atoms with Crippen molar-refractivity contribution in [1.29, 1.82) is 0 Å². The van der Waals surface area contributed by atoms with Gasteiger partial charge in [-0.3, -0.25) is 0 Å². The Morgan fingerprint density at radius 2 is 1.06 bits per heavy atom. The van der Waals surface area contributed by atoms with E-state index in [0.717, 1.165) is 38.7 Å². The molecule has 5 nitrogen and oxygen atoms in total. The molecule has 256 valence electrons. The predicted octanol–water partition coefficient (Wildman–Crippen LogP) is 10.4. The third-order valence-electron chi connectivity index (χ3n) is 7.34. The van der Waals surface area contributed by atoms with Crippen LogP contribution < -0.4 is 9.47 Å². The van der Waals surface area contributed by atoms with Gasteiger partial charge in [0.05, 0.1) is 47.3 Å². The summed E-state index contributed by atoms with van der Waals surface area (Å²) >= 11 is 3.47. The lowest BCUT2D eigenvalue weighted by atomic mass is 9.97. The van der Waals surface area contributed by atoms with Gasteiger partial charge in [-0.25, -0.2) is 8.78 Å². The Kier molecular flexibility index (Phi) is 16.0. The van der Waals surface area contributed by atoms with Crippen molar-refractivity contribution in [3.05, 3.63) is 130 Å². The first-order valence-electron chi connectivity index (χ1n) is 15.6. The summed E-state index contributed by atoms with van der Waals surface area (Å²) < 4.78 is 50.5. The minimum absolute atomic E-state index is 0.0676. The number of benzene rings is 4. The van der Waals surface area contributed by atoms with Gasteiger partial charge in [0.25, 0.3) is 0 Å². The summed E-state index contributed by atoms with van der Waals surface area (Å²) in [6.45, 7) is 9.81. The van der Waals surface area contributed by atoms with Crippen molar-refractivity contribution in [2.24, 2.45) is 0 Å². The van der Waals surface area contributed by atoms with Crippen LogP contribution in [0.4, 0.5) is 8.78 Å². The number of methoxy groups -OCH3 is 2. The molecule has 1 N–H and O–H groups in total. The van der Waals surface area contributed by atoms with Gasteiger partial charge in [-0.1, -0.05) is 75.6 Å². The molecule has 0 aromatic heterocycles. The molecular weight excluding hydrogens is 678 g/mol. The summed E-state index contributed by atoms with van der Waals surface area (Å²) in [4.78, 5) is 0. The first kappa shape index (κ1) is 38.6. The number of rotatable bonds is 14. The van der Waals surface area contributed by atoms with Crippen LogP contribution >= 0.6 is 15.9 Å². The largest absolute Gasteiger partial charge is 0.497 e. The lowest BCUT2D eigenvalue weighted by Gasteiger charge is -2.13. The van der Waals surface area contributed by atoms with Crippen LogP contribution in [0.3, 0.4) is 0 Å². The van der Waals surface area contributed by atoms with Gasteiger partial charge < -0.3 is 24.1 Å². The van der Waals surface area contributed by atoms with E-state index in [4.69, 9.17) is 18.9 Å². The Morgan fingerprint density at radius 3 is 1.46 bits per heavy atom. The quantitative estimate of drug-likeness (QED) is 0.0798.